The number of likely N-dealkylation sites (tertiary alicyclic amines) is 1. The quantitative estimate of drug-likeness (QED) is 0.733. The Balaban J connectivity index is 1.16. The van der Waals surface area contributed by atoms with Gasteiger partial charge in [-0.25, -0.2) is 9.78 Å². The molecule has 0 unspecified atom stereocenters. The number of fused-ring (bicyclic) bond motifs is 1. The van der Waals surface area contributed by atoms with E-state index in [1.807, 2.05) is 35.2 Å². The van der Waals surface area contributed by atoms with Crippen molar-refractivity contribution >= 4 is 17.1 Å². The molecule has 5 rings (SSSR count). The molecule has 1 saturated carbocycles. The van der Waals surface area contributed by atoms with E-state index in [0.29, 0.717) is 0 Å². The number of hydrogen-bond acceptors (Lipinski definition) is 3. The van der Waals surface area contributed by atoms with Crippen LogP contribution < -0.4 is 5.32 Å². The Hall–Kier alpha value is -2.82. The molecule has 1 aromatic heterocycles. The Morgan fingerprint density at radius 3 is 2.50 bits per heavy atom. The first-order chi connectivity index (χ1) is 13.7. The van der Waals surface area contributed by atoms with Crippen LogP contribution in [0.5, 0.6) is 0 Å². The number of aromatic nitrogens is 1. The maximum Gasteiger partial charge on any atom is 0.317 e. The zero-order valence-corrected chi connectivity index (χ0v) is 15.9. The average molecular weight is 375 g/mol. The van der Waals surface area contributed by atoms with Gasteiger partial charge in [-0.1, -0.05) is 42.5 Å². The van der Waals surface area contributed by atoms with Crippen molar-refractivity contribution in [2.24, 2.45) is 0 Å². The first-order valence-corrected chi connectivity index (χ1v) is 10.2. The van der Waals surface area contributed by atoms with Crippen LogP contribution in [0.25, 0.3) is 11.1 Å². The van der Waals surface area contributed by atoms with Crippen LogP contribution in [0.1, 0.15) is 43.1 Å². The minimum Gasteiger partial charge on any atom is -0.440 e. The highest BCUT2D eigenvalue weighted by Crippen LogP contribution is 2.47. The lowest BCUT2D eigenvalue weighted by atomic mass is 9.96. The number of carbonyl (C=O) groups is 1. The zero-order chi connectivity index (χ0) is 19.0. The minimum atomic E-state index is 0.0539. The van der Waals surface area contributed by atoms with E-state index in [-0.39, 0.29) is 17.4 Å². The van der Waals surface area contributed by atoms with Crippen molar-refractivity contribution in [1.82, 2.24) is 15.2 Å². The molecule has 1 N–H and O–H groups in total. The highest BCUT2D eigenvalue weighted by Gasteiger charge is 2.44. The number of rotatable bonds is 4. The van der Waals surface area contributed by atoms with Crippen molar-refractivity contribution in [2.75, 3.05) is 19.6 Å². The number of para-hydroxylation sites is 2. The highest BCUT2D eigenvalue weighted by atomic mass is 16.3. The second kappa shape index (κ2) is 6.97. The van der Waals surface area contributed by atoms with Crippen molar-refractivity contribution in [2.45, 2.75) is 37.0 Å². The molecule has 1 aliphatic carbocycles. The summed E-state index contributed by atoms with van der Waals surface area (Å²) in [6.45, 7) is 2.21. The molecule has 0 atom stereocenters. The Bertz CT molecular complexity index is 937. The number of amides is 2. The van der Waals surface area contributed by atoms with Crippen molar-refractivity contribution < 1.29 is 9.21 Å². The number of oxazole rings is 1. The van der Waals surface area contributed by atoms with Gasteiger partial charge in [-0.05, 0) is 43.4 Å². The summed E-state index contributed by atoms with van der Waals surface area (Å²) in [5.41, 5.74) is 3.24. The lowest BCUT2D eigenvalue weighted by Crippen LogP contribution is -2.46. The van der Waals surface area contributed by atoms with E-state index in [1.165, 1.54) is 5.56 Å². The van der Waals surface area contributed by atoms with Crippen LogP contribution in [0.4, 0.5) is 4.79 Å². The maximum atomic E-state index is 12.7. The standard InChI is InChI=1S/C23H25N3O2/c27-22(24-16-23(12-13-23)18-6-2-1-3-7-18)26-14-10-17(11-15-26)21-25-19-8-4-5-9-20(19)28-21/h1-9,17H,10-16H2,(H,24,27). The largest absolute Gasteiger partial charge is 0.440 e. The van der Waals surface area contributed by atoms with E-state index in [2.05, 4.69) is 34.6 Å². The summed E-state index contributed by atoms with van der Waals surface area (Å²) in [5.74, 6) is 1.10. The smallest absolute Gasteiger partial charge is 0.317 e. The fourth-order valence-electron chi connectivity index (χ4n) is 4.26. The molecule has 2 amide bonds. The summed E-state index contributed by atoms with van der Waals surface area (Å²) < 4.78 is 5.92. The van der Waals surface area contributed by atoms with Crippen LogP contribution in [-0.4, -0.2) is 35.5 Å². The van der Waals surface area contributed by atoms with Crippen LogP contribution in [0, 0.1) is 0 Å². The van der Waals surface area contributed by atoms with Gasteiger partial charge in [-0.3, -0.25) is 0 Å². The van der Waals surface area contributed by atoms with Gasteiger partial charge in [0.1, 0.15) is 5.52 Å². The van der Waals surface area contributed by atoms with Gasteiger partial charge in [-0.15, -0.1) is 0 Å². The molecule has 2 heterocycles. The van der Waals surface area contributed by atoms with Crippen LogP contribution in [0.2, 0.25) is 0 Å². The lowest BCUT2D eigenvalue weighted by molar-refractivity contribution is 0.176. The number of nitrogens with zero attached hydrogens (tertiary/aromatic N) is 2. The Morgan fingerprint density at radius 2 is 1.79 bits per heavy atom. The third-order valence-electron chi connectivity index (χ3n) is 6.26. The molecular weight excluding hydrogens is 350 g/mol. The Labute approximate surface area is 164 Å². The van der Waals surface area contributed by atoms with Gasteiger partial charge < -0.3 is 14.6 Å². The summed E-state index contributed by atoms with van der Waals surface area (Å²) in [6.07, 6.45) is 4.09. The van der Waals surface area contributed by atoms with Gasteiger partial charge >= 0.3 is 6.03 Å². The van der Waals surface area contributed by atoms with Crippen LogP contribution in [0.15, 0.2) is 59.0 Å². The van der Waals surface area contributed by atoms with Gasteiger partial charge in [0.15, 0.2) is 11.5 Å². The van der Waals surface area contributed by atoms with Gasteiger partial charge in [-0.2, -0.15) is 0 Å². The number of piperidine rings is 1. The van der Waals surface area contributed by atoms with Crippen LogP contribution in [0.3, 0.4) is 0 Å². The maximum absolute atomic E-state index is 12.7. The third-order valence-corrected chi connectivity index (χ3v) is 6.26. The minimum absolute atomic E-state index is 0.0539. The van der Waals surface area contributed by atoms with E-state index in [4.69, 9.17) is 4.42 Å². The molecule has 2 aromatic carbocycles. The monoisotopic (exact) mass is 375 g/mol. The number of urea groups is 1. The highest BCUT2D eigenvalue weighted by molar-refractivity contribution is 5.74. The van der Waals surface area contributed by atoms with E-state index < -0.39 is 0 Å². The van der Waals surface area contributed by atoms with Crippen molar-refractivity contribution in [3.63, 3.8) is 0 Å². The van der Waals surface area contributed by atoms with Gasteiger partial charge in [0.05, 0.1) is 0 Å². The third kappa shape index (κ3) is 3.26. The number of nitrogens with one attached hydrogen (secondary N) is 1. The molecule has 1 aliphatic heterocycles. The molecule has 1 saturated heterocycles. The number of hydrogen-bond donors (Lipinski definition) is 1. The van der Waals surface area contributed by atoms with E-state index in [9.17, 15) is 4.79 Å². The van der Waals surface area contributed by atoms with Crippen molar-refractivity contribution in [3.8, 4) is 0 Å². The SMILES string of the molecule is O=C(NCC1(c2ccccc2)CC1)N1CCC(c2nc3ccccc3o2)CC1. The molecule has 5 nitrogen and oxygen atoms in total. The second-order valence-corrected chi connectivity index (χ2v) is 8.09. The van der Waals surface area contributed by atoms with Crippen molar-refractivity contribution in [1.29, 1.82) is 0 Å². The van der Waals surface area contributed by atoms with Gasteiger partial charge in [0.2, 0.25) is 0 Å². The fraction of sp³-hybridized carbons (Fsp3) is 0.391. The molecule has 2 fully saturated rings. The fourth-order valence-corrected chi connectivity index (χ4v) is 4.26. The van der Waals surface area contributed by atoms with E-state index in [0.717, 1.165) is 62.3 Å². The molecular formula is C23H25N3O2. The zero-order valence-electron chi connectivity index (χ0n) is 15.9. The molecule has 28 heavy (non-hydrogen) atoms. The molecule has 0 radical (unpaired) electrons. The summed E-state index contributed by atoms with van der Waals surface area (Å²) in [6, 6.07) is 18.5. The second-order valence-electron chi connectivity index (χ2n) is 8.09. The van der Waals surface area contributed by atoms with Crippen LogP contribution >= 0.6 is 0 Å². The summed E-state index contributed by atoms with van der Waals surface area (Å²) in [7, 11) is 0. The van der Waals surface area contributed by atoms with Crippen LogP contribution in [-0.2, 0) is 5.41 Å². The molecule has 2 aliphatic rings. The Morgan fingerprint density at radius 1 is 1.07 bits per heavy atom. The van der Waals surface area contributed by atoms with Crippen molar-refractivity contribution in [3.05, 3.63) is 66.1 Å². The first kappa shape index (κ1) is 17.3. The number of benzene rings is 2. The molecule has 0 spiro atoms. The normalized spacial score (nSPS) is 18.9. The summed E-state index contributed by atoms with van der Waals surface area (Å²) in [4.78, 5) is 19.2. The van der Waals surface area contributed by atoms with Gasteiger partial charge in [0.25, 0.3) is 0 Å². The molecule has 5 heteroatoms. The molecule has 144 valence electrons. The molecule has 3 aromatic rings. The number of carbonyl (C=O) groups excluding carboxylic acids is 1. The predicted molar refractivity (Wildman–Crippen MR) is 108 cm³/mol. The van der Waals surface area contributed by atoms with E-state index in [1.54, 1.807) is 0 Å². The molecule has 0 bridgehead atoms. The topological polar surface area (TPSA) is 58.4 Å². The van der Waals surface area contributed by atoms with E-state index >= 15 is 0 Å². The summed E-state index contributed by atoms with van der Waals surface area (Å²) >= 11 is 0. The summed E-state index contributed by atoms with van der Waals surface area (Å²) in [5, 5.41) is 3.18. The predicted octanol–water partition coefficient (Wildman–Crippen LogP) is 4.45. The lowest BCUT2D eigenvalue weighted by Gasteiger charge is -2.31. The average Bonchev–Trinajstić information content (AvgIpc) is 3.43. The first-order valence-electron chi connectivity index (χ1n) is 10.2. The Kier molecular flexibility index (Phi) is 4.30. The van der Waals surface area contributed by atoms with Gasteiger partial charge in [0, 0.05) is 31.0 Å².